The number of fused-ring (bicyclic) bond motifs is 1. The normalized spacial score (nSPS) is 15.1. The average molecular weight is 382 g/mol. The molecule has 1 saturated heterocycles. The SMILES string of the molecule is COc1cccc(Nc2ncnc3c2c(C)c(C)n3CC[NH+]2CCOCC2)c1. The molecule has 2 N–H and O–H groups in total. The second-order valence-corrected chi connectivity index (χ2v) is 7.25. The first-order chi connectivity index (χ1) is 13.7. The molecule has 1 fully saturated rings. The molecule has 148 valence electrons. The Morgan fingerprint density at radius 1 is 1.21 bits per heavy atom. The predicted octanol–water partition coefficient (Wildman–Crippen LogP) is 1.72. The van der Waals surface area contributed by atoms with E-state index in [0.29, 0.717) is 0 Å². The molecule has 0 radical (unpaired) electrons. The van der Waals surface area contributed by atoms with Crippen LogP contribution >= 0.6 is 0 Å². The average Bonchev–Trinajstić information content (AvgIpc) is 2.98. The Hall–Kier alpha value is -2.64. The zero-order valence-electron chi connectivity index (χ0n) is 16.8. The first kappa shape index (κ1) is 18.7. The number of anilines is 2. The summed E-state index contributed by atoms with van der Waals surface area (Å²) < 4.78 is 13.1. The van der Waals surface area contributed by atoms with Crippen molar-refractivity contribution in [1.29, 1.82) is 0 Å². The number of hydrogen-bond donors (Lipinski definition) is 2. The van der Waals surface area contributed by atoms with E-state index in [1.165, 1.54) is 11.3 Å². The van der Waals surface area contributed by atoms with Crippen molar-refractivity contribution in [2.45, 2.75) is 20.4 Å². The van der Waals surface area contributed by atoms with Crippen LogP contribution in [0.1, 0.15) is 11.3 Å². The van der Waals surface area contributed by atoms with Crippen molar-refractivity contribution < 1.29 is 14.4 Å². The summed E-state index contributed by atoms with van der Waals surface area (Å²) in [6.07, 6.45) is 1.64. The van der Waals surface area contributed by atoms with Gasteiger partial charge in [-0.1, -0.05) is 6.07 Å². The molecule has 0 amide bonds. The molecular formula is C21H28N5O2+. The summed E-state index contributed by atoms with van der Waals surface area (Å²) in [4.78, 5) is 10.7. The molecule has 4 rings (SSSR count). The highest BCUT2D eigenvalue weighted by atomic mass is 16.5. The lowest BCUT2D eigenvalue weighted by Crippen LogP contribution is -3.14. The summed E-state index contributed by atoms with van der Waals surface area (Å²) in [5.74, 6) is 1.64. The van der Waals surface area contributed by atoms with Gasteiger partial charge in [0.25, 0.3) is 0 Å². The van der Waals surface area contributed by atoms with Crippen molar-refractivity contribution in [2.75, 3.05) is 45.3 Å². The van der Waals surface area contributed by atoms with Crippen molar-refractivity contribution in [1.82, 2.24) is 14.5 Å². The number of ether oxygens (including phenoxy) is 2. The van der Waals surface area contributed by atoms with Crippen molar-refractivity contribution in [3.8, 4) is 5.75 Å². The van der Waals surface area contributed by atoms with Gasteiger partial charge in [-0.3, -0.25) is 0 Å². The van der Waals surface area contributed by atoms with Gasteiger partial charge in [0.2, 0.25) is 0 Å². The number of benzene rings is 1. The number of nitrogens with zero attached hydrogens (tertiary/aromatic N) is 3. The van der Waals surface area contributed by atoms with E-state index in [9.17, 15) is 0 Å². The van der Waals surface area contributed by atoms with Gasteiger partial charge in [-0.05, 0) is 31.5 Å². The molecule has 3 aromatic rings. The highest BCUT2D eigenvalue weighted by molar-refractivity contribution is 5.93. The molecule has 28 heavy (non-hydrogen) atoms. The molecule has 7 nitrogen and oxygen atoms in total. The quantitative estimate of drug-likeness (QED) is 0.680. The van der Waals surface area contributed by atoms with E-state index < -0.39 is 0 Å². The van der Waals surface area contributed by atoms with Gasteiger partial charge in [0.05, 0.1) is 38.8 Å². The van der Waals surface area contributed by atoms with E-state index in [0.717, 1.165) is 67.7 Å². The molecule has 0 aliphatic carbocycles. The number of nitrogens with one attached hydrogen (secondary N) is 2. The standard InChI is InChI=1S/C21H27N5O2/c1-15-16(2)26(8-7-25-9-11-28-12-10-25)21-19(15)20(22-14-23-21)24-17-5-4-6-18(13-17)27-3/h4-6,13-14H,7-12H2,1-3H3,(H,22,23,24)/p+1. The third kappa shape index (κ3) is 3.68. The van der Waals surface area contributed by atoms with Crippen molar-refractivity contribution in [3.05, 3.63) is 41.9 Å². The van der Waals surface area contributed by atoms with Crippen LogP contribution in [0.5, 0.6) is 5.75 Å². The Bertz CT molecular complexity index is 963. The number of methoxy groups -OCH3 is 1. The Kier molecular flexibility index (Phi) is 5.45. The summed E-state index contributed by atoms with van der Waals surface area (Å²) in [7, 11) is 1.67. The van der Waals surface area contributed by atoms with E-state index in [2.05, 4.69) is 33.7 Å². The maximum Gasteiger partial charge on any atom is 0.146 e. The largest absolute Gasteiger partial charge is 0.497 e. The number of aryl methyl sites for hydroxylation is 1. The molecule has 1 aliphatic heterocycles. The second kappa shape index (κ2) is 8.16. The van der Waals surface area contributed by atoms with E-state index >= 15 is 0 Å². The van der Waals surface area contributed by atoms with Gasteiger partial charge < -0.3 is 24.3 Å². The van der Waals surface area contributed by atoms with Crippen LogP contribution in [0.4, 0.5) is 11.5 Å². The fraction of sp³-hybridized carbons (Fsp3) is 0.429. The van der Waals surface area contributed by atoms with Gasteiger partial charge in [0.1, 0.15) is 36.6 Å². The topological polar surface area (TPSA) is 65.6 Å². The van der Waals surface area contributed by atoms with Gasteiger partial charge in [0.15, 0.2) is 0 Å². The molecule has 0 unspecified atom stereocenters. The van der Waals surface area contributed by atoms with E-state index in [1.54, 1.807) is 18.3 Å². The van der Waals surface area contributed by atoms with Gasteiger partial charge in [0, 0.05) is 17.4 Å². The maximum atomic E-state index is 5.47. The summed E-state index contributed by atoms with van der Waals surface area (Å²) in [5.41, 5.74) is 4.40. The van der Waals surface area contributed by atoms with E-state index in [4.69, 9.17) is 9.47 Å². The molecule has 0 atom stereocenters. The van der Waals surface area contributed by atoms with Crippen molar-refractivity contribution in [3.63, 3.8) is 0 Å². The lowest BCUT2D eigenvalue weighted by atomic mass is 10.2. The van der Waals surface area contributed by atoms with Crippen LogP contribution in [0.25, 0.3) is 11.0 Å². The molecule has 1 aromatic carbocycles. The number of morpholine rings is 1. The smallest absolute Gasteiger partial charge is 0.146 e. The fourth-order valence-electron chi connectivity index (χ4n) is 3.85. The Morgan fingerprint density at radius 3 is 2.82 bits per heavy atom. The first-order valence-corrected chi connectivity index (χ1v) is 9.80. The zero-order valence-corrected chi connectivity index (χ0v) is 16.8. The van der Waals surface area contributed by atoms with Crippen LogP contribution in [-0.2, 0) is 11.3 Å². The highest BCUT2D eigenvalue weighted by Gasteiger charge is 2.19. The fourth-order valence-corrected chi connectivity index (χ4v) is 3.85. The maximum absolute atomic E-state index is 5.47. The minimum atomic E-state index is 0.814. The molecule has 0 spiro atoms. The van der Waals surface area contributed by atoms with E-state index in [-0.39, 0.29) is 0 Å². The summed E-state index contributed by atoms with van der Waals surface area (Å²) in [6.45, 7) is 10.2. The summed E-state index contributed by atoms with van der Waals surface area (Å²) >= 11 is 0. The van der Waals surface area contributed by atoms with Crippen LogP contribution in [0.3, 0.4) is 0 Å². The molecular weight excluding hydrogens is 354 g/mol. The van der Waals surface area contributed by atoms with Crippen molar-refractivity contribution >= 4 is 22.5 Å². The summed E-state index contributed by atoms with van der Waals surface area (Å²) in [5, 5.41) is 4.53. The van der Waals surface area contributed by atoms with Crippen molar-refractivity contribution in [2.24, 2.45) is 0 Å². The molecule has 0 saturated carbocycles. The van der Waals surface area contributed by atoms with Crippen LogP contribution in [0, 0.1) is 13.8 Å². The minimum absolute atomic E-state index is 0.814. The zero-order chi connectivity index (χ0) is 19.5. The van der Waals surface area contributed by atoms with Crippen LogP contribution in [-0.4, -0.2) is 54.5 Å². The van der Waals surface area contributed by atoms with E-state index in [1.807, 2.05) is 24.3 Å². The molecule has 0 bridgehead atoms. The first-order valence-electron chi connectivity index (χ1n) is 9.80. The number of aromatic nitrogens is 3. The molecule has 2 aromatic heterocycles. The van der Waals surface area contributed by atoms with Crippen LogP contribution in [0.15, 0.2) is 30.6 Å². The van der Waals surface area contributed by atoms with Gasteiger partial charge in [-0.2, -0.15) is 0 Å². The third-order valence-corrected chi connectivity index (χ3v) is 5.63. The minimum Gasteiger partial charge on any atom is -0.497 e. The highest BCUT2D eigenvalue weighted by Crippen LogP contribution is 2.30. The predicted molar refractivity (Wildman–Crippen MR) is 110 cm³/mol. The van der Waals surface area contributed by atoms with Crippen LogP contribution in [0.2, 0.25) is 0 Å². The second-order valence-electron chi connectivity index (χ2n) is 7.25. The van der Waals surface area contributed by atoms with Crippen LogP contribution < -0.4 is 15.0 Å². The lowest BCUT2D eigenvalue weighted by molar-refractivity contribution is -0.908. The Labute approximate surface area is 165 Å². The molecule has 7 heteroatoms. The number of hydrogen-bond acceptors (Lipinski definition) is 5. The number of rotatable bonds is 6. The lowest BCUT2D eigenvalue weighted by Gasteiger charge is -2.24. The van der Waals surface area contributed by atoms with Gasteiger partial charge in [-0.15, -0.1) is 0 Å². The monoisotopic (exact) mass is 382 g/mol. The molecule has 3 heterocycles. The third-order valence-electron chi connectivity index (χ3n) is 5.63. The number of quaternary nitrogens is 1. The summed E-state index contributed by atoms with van der Waals surface area (Å²) in [6, 6.07) is 7.88. The molecule has 1 aliphatic rings. The Balaban J connectivity index is 1.63. The van der Waals surface area contributed by atoms with Gasteiger partial charge >= 0.3 is 0 Å². The van der Waals surface area contributed by atoms with Gasteiger partial charge in [-0.25, -0.2) is 9.97 Å². The Morgan fingerprint density at radius 2 is 2.04 bits per heavy atom.